The normalized spacial score (nSPS) is 13.3. The highest BCUT2D eigenvalue weighted by Gasteiger charge is 2.24. The third-order valence-corrected chi connectivity index (χ3v) is 5.99. The van der Waals surface area contributed by atoms with Crippen LogP contribution in [-0.4, -0.2) is 32.4 Å². The molecule has 1 atom stereocenters. The summed E-state index contributed by atoms with van der Waals surface area (Å²) in [6.07, 6.45) is 0.622. The van der Waals surface area contributed by atoms with Crippen molar-refractivity contribution in [2.75, 3.05) is 13.6 Å². The number of halogens is 2. The summed E-state index contributed by atoms with van der Waals surface area (Å²) >= 11 is 6.10. The quantitative estimate of drug-likeness (QED) is 0.853. The molecule has 1 aromatic rings. The van der Waals surface area contributed by atoms with Gasteiger partial charge in [0.2, 0.25) is 10.0 Å². The van der Waals surface area contributed by atoms with E-state index < -0.39 is 10.0 Å². The summed E-state index contributed by atoms with van der Waals surface area (Å²) in [5.74, 6) is 0.327. The number of nitrogens with two attached hydrogens (primary N) is 1. The Morgan fingerprint density at radius 3 is 2.43 bits per heavy atom. The summed E-state index contributed by atoms with van der Waals surface area (Å²) in [6, 6.07) is 5.00. The number of hydrogen-bond donors (Lipinski definition) is 1. The van der Waals surface area contributed by atoms with E-state index in [1.54, 1.807) is 26.1 Å². The number of rotatable bonds is 6. The van der Waals surface area contributed by atoms with Crippen LogP contribution in [-0.2, 0) is 10.0 Å². The predicted molar refractivity (Wildman–Crippen MR) is 90.7 cm³/mol. The Hall–Kier alpha value is -0.330. The smallest absolute Gasteiger partial charge is 0.244 e. The molecule has 0 spiro atoms. The van der Waals surface area contributed by atoms with Crippen molar-refractivity contribution in [1.82, 2.24) is 4.31 Å². The highest BCUT2D eigenvalue weighted by Crippen LogP contribution is 2.27. The molecule has 1 aromatic carbocycles. The first kappa shape index (κ1) is 20.7. The van der Waals surface area contributed by atoms with Crippen molar-refractivity contribution in [1.29, 1.82) is 0 Å². The van der Waals surface area contributed by atoms with Crippen LogP contribution >= 0.6 is 24.0 Å². The van der Waals surface area contributed by atoms with Crippen LogP contribution in [0.1, 0.15) is 25.8 Å². The SMILES string of the molecule is Cc1cccc(S(=O)(=O)N(C)CCC(N)C(C)C)c1Cl.Cl. The van der Waals surface area contributed by atoms with Gasteiger partial charge in [-0.15, -0.1) is 12.4 Å². The van der Waals surface area contributed by atoms with Gasteiger partial charge in [0, 0.05) is 19.6 Å². The fraction of sp³-hybridized carbons (Fsp3) is 0.571. The maximum Gasteiger partial charge on any atom is 0.244 e. The summed E-state index contributed by atoms with van der Waals surface area (Å²) in [5.41, 5.74) is 6.70. The summed E-state index contributed by atoms with van der Waals surface area (Å²) in [5, 5.41) is 0.285. The second-order valence-corrected chi connectivity index (χ2v) is 7.80. The van der Waals surface area contributed by atoms with E-state index in [2.05, 4.69) is 0 Å². The Morgan fingerprint density at radius 1 is 1.33 bits per heavy atom. The van der Waals surface area contributed by atoms with E-state index >= 15 is 0 Å². The number of benzene rings is 1. The number of aryl methyl sites for hydroxylation is 1. The third kappa shape index (κ3) is 5.11. The topological polar surface area (TPSA) is 63.4 Å². The van der Waals surface area contributed by atoms with Gasteiger partial charge in [0.1, 0.15) is 4.90 Å². The molecule has 0 saturated carbocycles. The lowest BCUT2D eigenvalue weighted by Crippen LogP contribution is -2.34. The molecular formula is C14H24Cl2N2O2S. The standard InChI is InChI=1S/C14H23ClN2O2S.ClH/c1-10(2)12(16)8-9-17(4)20(18,19)13-7-5-6-11(3)14(13)15;/h5-7,10,12H,8-9,16H2,1-4H3;1H. The van der Waals surface area contributed by atoms with Gasteiger partial charge in [-0.1, -0.05) is 37.6 Å². The van der Waals surface area contributed by atoms with E-state index in [0.29, 0.717) is 18.9 Å². The molecule has 21 heavy (non-hydrogen) atoms. The highest BCUT2D eigenvalue weighted by molar-refractivity contribution is 7.89. The molecule has 2 N–H and O–H groups in total. The number of nitrogens with zero attached hydrogens (tertiary/aromatic N) is 1. The lowest BCUT2D eigenvalue weighted by molar-refractivity contribution is 0.397. The van der Waals surface area contributed by atoms with Crippen molar-refractivity contribution in [3.8, 4) is 0 Å². The molecule has 0 bridgehead atoms. The van der Waals surface area contributed by atoms with Gasteiger partial charge >= 0.3 is 0 Å². The van der Waals surface area contributed by atoms with E-state index in [4.69, 9.17) is 17.3 Å². The summed E-state index contributed by atoms with van der Waals surface area (Å²) in [4.78, 5) is 0.153. The summed E-state index contributed by atoms with van der Waals surface area (Å²) in [6.45, 7) is 6.22. The first-order chi connectivity index (χ1) is 9.17. The lowest BCUT2D eigenvalue weighted by atomic mass is 10.0. The third-order valence-electron chi connectivity index (χ3n) is 3.48. The molecule has 0 heterocycles. The molecule has 0 aliphatic carbocycles. The number of sulfonamides is 1. The Balaban J connectivity index is 0.00000400. The van der Waals surface area contributed by atoms with Gasteiger partial charge in [-0.25, -0.2) is 12.7 Å². The molecule has 0 aliphatic rings. The van der Waals surface area contributed by atoms with Gasteiger partial charge < -0.3 is 5.73 Å². The Labute approximate surface area is 139 Å². The van der Waals surface area contributed by atoms with Crippen LogP contribution in [0.15, 0.2) is 23.1 Å². The van der Waals surface area contributed by atoms with Crippen LogP contribution in [0.3, 0.4) is 0 Å². The summed E-state index contributed by atoms with van der Waals surface area (Å²) in [7, 11) is -2.01. The van der Waals surface area contributed by atoms with Crippen LogP contribution in [0, 0.1) is 12.8 Å². The van der Waals surface area contributed by atoms with Gasteiger partial charge in [0.25, 0.3) is 0 Å². The van der Waals surface area contributed by atoms with Crippen molar-refractivity contribution >= 4 is 34.0 Å². The minimum Gasteiger partial charge on any atom is -0.327 e. The fourth-order valence-corrected chi connectivity index (χ4v) is 3.51. The van der Waals surface area contributed by atoms with E-state index in [1.165, 1.54) is 10.4 Å². The molecule has 0 saturated heterocycles. The van der Waals surface area contributed by atoms with Gasteiger partial charge in [-0.3, -0.25) is 0 Å². The predicted octanol–water partition coefficient (Wildman–Crippen LogP) is 3.06. The second-order valence-electron chi connectivity index (χ2n) is 5.41. The minimum atomic E-state index is -3.57. The van der Waals surface area contributed by atoms with Crippen LogP contribution in [0.5, 0.6) is 0 Å². The highest BCUT2D eigenvalue weighted by atomic mass is 35.5. The zero-order valence-electron chi connectivity index (χ0n) is 12.8. The molecule has 4 nitrogen and oxygen atoms in total. The molecule has 1 rings (SSSR count). The monoisotopic (exact) mass is 354 g/mol. The van der Waals surface area contributed by atoms with Crippen LogP contribution in [0.4, 0.5) is 0 Å². The fourth-order valence-electron chi connectivity index (χ4n) is 1.77. The van der Waals surface area contributed by atoms with E-state index in [0.717, 1.165) is 5.56 Å². The van der Waals surface area contributed by atoms with Gasteiger partial charge in [0.05, 0.1) is 5.02 Å². The van der Waals surface area contributed by atoms with Crippen LogP contribution < -0.4 is 5.73 Å². The minimum absolute atomic E-state index is 0. The van der Waals surface area contributed by atoms with Gasteiger partial charge in [-0.05, 0) is 30.9 Å². The average Bonchev–Trinajstić information content (AvgIpc) is 2.38. The van der Waals surface area contributed by atoms with Crippen LogP contribution in [0.25, 0.3) is 0 Å². The van der Waals surface area contributed by atoms with Crippen molar-refractivity contribution < 1.29 is 8.42 Å². The van der Waals surface area contributed by atoms with E-state index in [-0.39, 0.29) is 28.4 Å². The van der Waals surface area contributed by atoms with Gasteiger partial charge in [-0.2, -0.15) is 0 Å². The molecule has 1 unspecified atom stereocenters. The maximum atomic E-state index is 12.5. The van der Waals surface area contributed by atoms with Crippen LogP contribution in [0.2, 0.25) is 5.02 Å². The molecule has 0 aliphatic heterocycles. The molecular weight excluding hydrogens is 331 g/mol. The molecule has 7 heteroatoms. The lowest BCUT2D eigenvalue weighted by Gasteiger charge is -2.22. The van der Waals surface area contributed by atoms with Crippen molar-refractivity contribution in [2.45, 2.75) is 38.1 Å². The average molecular weight is 355 g/mol. The Kier molecular flexibility index (Phi) is 8.21. The first-order valence-electron chi connectivity index (χ1n) is 6.65. The maximum absolute atomic E-state index is 12.5. The summed E-state index contributed by atoms with van der Waals surface area (Å²) < 4.78 is 26.3. The molecule has 122 valence electrons. The molecule has 0 radical (unpaired) electrons. The molecule has 0 amide bonds. The van der Waals surface area contributed by atoms with E-state index in [9.17, 15) is 8.42 Å². The molecule has 0 fully saturated rings. The Morgan fingerprint density at radius 2 is 1.90 bits per heavy atom. The van der Waals surface area contributed by atoms with Crippen molar-refractivity contribution in [3.05, 3.63) is 28.8 Å². The number of hydrogen-bond acceptors (Lipinski definition) is 3. The zero-order chi connectivity index (χ0) is 15.5. The van der Waals surface area contributed by atoms with E-state index in [1.807, 2.05) is 13.8 Å². The van der Waals surface area contributed by atoms with Crippen molar-refractivity contribution in [3.63, 3.8) is 0 Å². The van der Waals surface area contributed by atoms with Crippen molar-refractivity contribution in [2.24, 2.45) is 11.7 Å². The second kappa shape index (κ2) is 8.34. The zero-order valence-corrected chi connectivity index (χ0v) is 15.2. The first-order valence-corrected chi connectivity index (χ1v) is 8.46. The largest absolute Gasteiger partial charge is 0.327 e. The Bertz CT molecular complexity index is 562. The van der Waals surface area contributed by atoms with Gasteiger partial charge in [0.15, 0.2) is 0 Å². The molecule has 0 aromatic heterocycles.